The van der Waals surface area contributed by atoms with E-state index in [-0.39, 0.29) is 12.1 Å². The van der Waals surface area contributed by atoms with Crippen molar-refractivity contribution >= 4 is 22.4 Å². The molecule has 0 radical (unpaired) electrons. The smallest absolute Gasteiger partial charge is 0.200 e. The first-order valence-corrected chi connectivity index (χ1v) is 11.9. The van der Waals surface area contributed by atoms with Gasteiger partial charge >= 0.3 is 0 Å². The Balaban J connectivity index is 0.000000309. The molecule has 2 aromatic carbocycles. The molecule has 0 spiro atoms. The predicted molar refractivity (Wildman–Crippen MR) is 130 cm³/mol. The average Bonchev–Trinajstić information content (AvgIpc) is 3.23. The van der Waals surface area contributed by atoms with Crippen LogP contribution in [-0.2, 0) is 10.2 Å². The van der Waals surface area contributed by atoms with Crippen LogP contribution < -0.4 is 4.72 Å². The lowest BCUT2D eigenvalue weighted by Crippen LogP contribution is -2.39. The third kappa shape index (κ3) is 7.67. The normalized spacial score (nSPS) is 11.9. The standard InChI is InChI=1S/C18H18N4.C5H14N2O2S/c1-14(2)22-20-18(19-21-22)17-11-7-6-10-16(17)13-12-15-8-4-3-5-9-15;1-5(2)6-10(8,9)7(3)4/h3-14H,1-2H3;5-6H,1-4H3/b13-12+;. The maximum Gasteiger partial charge on any atom is 0.279 e. The fourth-order valence-electron chi connectivity index (χ4n) is 2.55. The van der Waals surface area contributed by atoms with Crippen LogP contribution in [0.4, 0.5) is 0 Å². The van der Waals surface area contributed by atoms with Crippen LogP contribution in [0.3, 0.4) is 0 Å². The fourth-order valence-corrected chi connectivity index (χ4v) is 3.36. The lowest BCUT2D eigenvalue weighted by Gasteiger charge is -2.14. The Morgan fingerprint density at radius 3 is 2.09 bits per heavy atom. The van der Waals surface area contributed by atoms with Gasteiger partial charge in [0.15, 0.2) is 0 Å². The average molecular weight is 457 g/mol. The van der Waals surface area contributed by atoms with Crippen molar-refractivity contribution in [1.29, 1.82) is 0 Å². The lowest BCUT2D eigenvalue weighted by molar-refractivity contribution is 0.455. The van der Waals surface area contributed by atoms with Gasteiger partial charge in [0.05, 0.1) is 6.04 Å². The van der Waals surface area contributed by atoms with Crippen molar-refractivity contribution in [1.82, 2.24) is 29.2 Å². The van der Waals surface area contributed by atoms with E-state index >= 15 is 0 Å². The molecular weight excluding hydrogens is 424 g/mol. The second kappa shape index (κ2) is 11.7. The van der Waals surface area contributed by atoms with Gasteiger partial charge in [0, 0.05) is 25.7 Å². The van der Waals surface area contributed by atoms with Crippen LogP contribution in [0, 0.1) is 0 Å². The summed E-state index contributed by atoms with van der Waals surface area (Å²) in [4.78, 5) is 1.63. The van der Waals surface area contributed by atoms with Gasteiger partial charge in [-0.05, 0) is 44.0 Å². The Morgan fingerprint density at radius 1 is 0.938 bits per heavy atom. The van der Waals surface area contributed by atoms with Gasteiger partial charge in [-0.25, -0.2) is 0 Å². The molecule has 172 valence electrons. The number of nitrogens with zero attached hydrogens (tertiary/aromatic N) is 5. The molecule has 0 aliphatic rings. The summed E-state index contributed by atoms with van der Waals surface area (Å²) in [5.74, 6) is 0.655. The van der Waals surface area contributed by atoms with Crippen molar-refractivity contribution in [3.63, 3.8) is 0 Å². The Kier molecular flexibility index (Phi) is 9.25. The molecule has 3 rings (SSSR count). The largest absolute Gasteiger partial charge is 0.279 e. The summed E-state index contributed by atoms with van der Waals surface area (Å²) in [6.07, 6.45) is 4.17. The van der Waals surface area contributed by atoms with Gasteiger partial charge < -0.3 is 0 Å². The highest BCUT2D eigenvalue weighted by atomic mass is 32.2. The first-order valence-electron chi connectivity index (χ1n) is 10.4. The van der Waals surface area contributed by atoms with Gasteiger partial charge in [0.25, 0.3) is 10.2 Å². The molecule has 0 unspecified atom stereocenters. The molecule has 0 bridgehead atoms. The highest BCUT2D eigenvalue weighted by molar-refractivity contribution is 7.87. The second-order valence-corrected chi connectivity index (χ2v) is 9.83. The lowest BCUT2D eigenvalue weighted by atomic mass is 10.1. The number of nitrogens with one attached hydrogen (secondary N) is 1. The van der Waals surface area contributed by atoms with Gasteiger partial charge in [-0.3, -0.25) is 0 Å². The highest BCUT2D eigenvalue weighted by Gasteiger charge is 2.13. The summed E-state index contributed by atoms with van der Waals surface area (Å²) < 4.78 is 25.5. The zero-order valence-electron chi connectivity index (χ0n) is 19.5. The molecule has 32 heavy (non-hydrogen) atoms. The van der Waals surface area contributed by atoms with Crippen molar-refractivity contribution < 1.29 is 8.42 Å². The Morgan fingerprint density at radius 2 is 1.56 bits per heavy atom. The second-order valence-electron chi connectivity index (χ2n) is 7.92. The molecule has 0 amide bonds. The molecule has 8 nitrogen and oxygen atoms in total. The Hall–Kier alpha value is -2.88. The molecule has 0 fully saturated rings. The van der Waals surface area contributed by atoms with Crippen molar-refractivity contribution in [3.05, 3.63) is 65.7 Å². The van der Waals surface area contributed by atoms with Gasteiger partial charge in [-0.1, -0.05) is 66.7 Å². The minimum atomic E-state index is -3.21. The minimum absolute atomic E-state index is 0.0487. The monoisotopic (exact) mass is 456 g/mol. The molecule has 9 heteroatoms. The van der Waals surface area contributed by atoms with Crippen LogP contribution in [-0.4, -0.2) is 53.1 Å². The predicted octanol–water partition coefficient (Wildman–Crippen LogP) is 3.88. The number of rotatable bonds is 7. The number of hydrogen-bond acceptors (Lipinski definition) is 5. The van der Waals surface area contributed by atoms with Crippen LogP contribution >= 0.6 is 0 Å². The van der Waals surface area contributed by atoms with E-state index in [2.05, 4.69) is 50.5 Å². The van der Waals surface area contributed by atoms with Crippen LogP contribution in [0.2, 0.25) is 0 Å². The topological polar surface area (TPSA) is 93.0 Å². The molecular formula is C23H32N6O2S. The van der Waals surface area contributed by atoms with E-state index in [1.54, 1.807) is 18.6 Å². The van der Waals surface area contributed by atoms with E-state index in [4.69, 9.17) is 0 Å². The maximum atomic E-state index is 11.0. The third-order valence-corrected chi connectivity index (χ3v) is 5.94. The Labute approximate surface area is 191 Å². The molecule has 1 aromatic heterocycles. The number of benzene rings is 2. The van der Waals surface area contributed by atoms with E-state index < -0.39 is 10.2 Å². The first-order chi connectivity index (χ1) is 15.1. The molecule has 1 heterocycles. The summed E-state index contributed by atoms with van der Waals surface area (Å²) in [6, 6.07) is 18.5. The van der Waals surface area contributed by atoms with Gasteiger partial charge in [0.1, 0.15) is 0 Å². The van der Waals surface area contributed by atoms with Gasteiger partial charge in [-0.15, -0.1) is 10.2 Å². The van der Waals surface area contributed by atoms with Crippen molar-refractivity contribution in [2.75, 3.05) is 14.1 Å². The maximum absolute atomic E-state index is 11.0. The van der Waals surface area contributed by atoms with Crippen molar-refractivity contribution in [2.45, 2.75) is 39.8 Å². The van der Waals surface area contributed by atoms with Crippen LogP contribution in [0.25, 0.3) is 23.5 Å². The van der Waals surface area contributed by atoms with E-state index in [9.17, 15) is 8.42 Å². The summed E-state index contributed by atoms with van der Waals surface area (Å²) in [6.45, 7) is 7.63. The molecule has 0 saturated carbocycles. The SMILES string of the molecule is CC(C)NS(=O)(=O)N(C)C.CC(C)n1nnc(-c2ccccc2/C=C/c2ccccc2)n1. The number of aromatic nitrogens is 4. The van der Waals surface area contributed by atoms with E-state index in [0.717, 1.165) is 21.0 Å². The third-order valence-electron chi connectivity index (χ3n) is 4.21. The fraction of sp³-hybridized carbons (Fsp3) is 0.348. The van der Waals surface area contributed by atoms with Gasteiger partial charge in [-0.2, -0.15) is 22.2 Å². The number of tetrazole rings is 1. The van der Waals surface area contributed by atoms with Crippen molar-refractivity contribution in [2.24, 2.45) is 0 Å². The Bertz CT molecular complexity index is 1110. The van der Waals surface area contributed by atoms with Crippen LogP contribution in [0.5, 0.6) is 0 Å². The number of hydrogen-bond donors (Lipinski definition) is 1. The van der Waals surface area contributed by atoms with Crippen molar-refractivity contribution in [3.8, 4) is 11.4 Å². The van der Waals surface area contributed by atoms with Gasteiger partial charge in [0.2, 0.25) is 5.82 Å². The zero-order valence-corrected chi connectivity index (χ0v) is 20.3. The van der Waals surface area contributed by atoms with E-state index in [1.165, 1.54) is 14.1 Å². The summed E-state index contributed by atoms with van der Waals surface area (Å²) in [7, 11) is -0.233. The molecule has 0 aliphatic heterocycles. The van der Waals surface area contributed by atoms with E-state index in [1.807, 2.05) is 50.2 Å². The quantitative estimate of drug-likeness (QED) is 0.545. The molecule has 0 aliphatic carbocycles. The zero-order chi connectivity index (χ0) is 23.7. The summed E-state index contributed by atoms with van der Waals surface area (Å²) in [5, 5.41) is 12.7. The first kappa shape index (κ1) is 25.4. The molecule has 0 saturated heterocycles. The summed E-state index contributed by atoms with van der Waals surface area (Å²) >= 11 is 0. The highest BCUT2D eigenvalue weighted by Crippen LogP contribution is 2.22. The molecule has 0 atom stereocenters. The van der Waals surface area contributed by atoms with Crippen LogP contribution in [0.15, 0.2) is 54.6 Å². The van der Waals surface area contributed by atoms with Crippen LogP contribution in [0.1, 0.15) is 44.9 Å². The molecule has 3 aromatic rings. The minimum Gasteiger partial charge on any atom is -0.200 e. The molecule has 1 N–H and O–H groups in total. The summed E-state index contributed by atoms with van der Waals surface area (Å²) in [5.41, 5.74) is 3.23. The van der Waals surface area contributed by atoms with E-state index in [0.29, 0.717) is 5.82 Å².